The molecule has 4 rings (SSSR count). The highest BCUT2D eigenvalue weighted by molar-refractivity contribution is 7.99. The molecule has 6 nitrogen and oxygen atoms in total. The van der Waals surface area contributed by atoms with Gasteiger partial charge in [0.2, 0.25) is 5.91 Å². The van der Waals surface area contributed by atoms with Crippen LogP contribution in [0.5, 0.6) is 0 Å². The Balaban J connectivity index is 1.43. The van der Waals surface area contributed by atoms with Crippen LogP contribution in [0.3, 0.4) is 0 Å². The Labute approximate surface area is 211 Å². The number of hydrogen-bond donors (Lipinski definition) is 1. The number of benzene rings is 1. The molecule has 0 spiro atoms. The normalized spacial score (nSPS) is 17.1. The molecule has 3 heterocycles. The van der Waals surface area contributed by atoms with Crippen LogP contribution in [-0.4, -0.2) is 59.4 Å². The number of aromatic nitrogens is 1. The Bertz CT molecular complexity index is 1050. The summed E-state index contributed by atoms with van der Waals surface area (Å²) in [4.78, 5) is 33.6. The second kappa shape index (κ2) is 11.2. The molecule has 2 fully saturated rings. The zero-order valence-corrected chi connectivity index (χ0v) is 21.2. The largest absolute Gasteiger partial charge is 0.416 e. The molecule has 0 radical (unpaired) electrons. The fourth-order valence-corrected chi connectivity index (χ4v) is 6.00. The van der Waals surface area contributed by atoms with Crippen molar-refractivity contribution in [3.63, 3.8) is 0 Å². The van der Waals surface area contributed by atoms with Crippen molar-refractivity contribution in [2.45, 2.75) is 44.7 Å². The number of halogens is 3. The molecule has 1 aromatic heterocycles. The number of thioether (sulfide) groups is 1. The Morgan fingerprint density at radius 3 is 2.54 bits per heavy atom. The van der Waals surface area contributed by atoms with Gasteiger partial charge in [-0.25, -0.2) is 4.98 Å². The number of thiazole rings is 1. The number of anilines is 2. The van der Waals surface area contributed by atoms with E-state index in [9.17, 15) is 22.8 Å². The van der Waals surface area contributed by atoms with Gasteiger partial charge in [-0.05, 0) is 49.6 Å². The van der Waals surface area contributed by atoms with Crippen LogP contribution in [0.2, 0.25) is 0 Å². The summed E-state index contributed by atoms with van der Waals surface area (Å²) in [6, 6.07) is 3.50. The maximum absolute atomic E-state index is 13.3. The number of hydrogen-bond acceptors (Lipinski definition) is 6. The lowest BCUT2D eigenvalue weighted by atomic mass is 9.97. The van der Waals surface area contributed by atoms with Crippen LogP contribution in [0.4, 0.5) is 24.5 Å². The molecule has 0 bridgehead atoms. The van der Waals surface area contributed by atoms with Crippen molar-refractivity contribution < 1.29 is 22.8 Å². The molecule has 2 aliphatic heterocycles. The van der Waals surface area contributed by atoms with Crippen LogP contribution in [0.15, 0.2) is 23.6 Å². The molecule has 2 aliphatic rings. The predicted octanol–water partition coefficient (Wildman–Crippen LogP) is 5.47. The van der Waals surface area contributed by atoms with E-state index >= 15 is 0 Å². The smallest absolute Gasteiger partial charge is 0.370 e. The molecule has 2 amide bonds. The minimum atomic E-state index is -4.50. The first kappa shape index (κ1) is 25.8. The van der Waals surface area contributed by atoms with Gasteiger partial charge in [-0.1, -0.05) is 6.92 Å². The summed E-state index contributed by atoms with van der Waals surface area (Å²) in [7, 11) is 0. The van der Waals surface area contributed by atoms with Crippen molar-refractivity contribution in [2.75, 3.05) is 47.9 Å². The number of rotatable bonds is 7. The third-order valence-electron chi connectivity index (χ3n) is 6.40. The molecule has 1 N–H and O–H groups in total. The minimum Gasteiger partial charge on any atom is -0.370 e. The van der Waals surface area contributed by atoms with Gasteiger partial charge in [0.05, 0.1) is 27.7 Å². The SMILES string of the molecule is CCSCC(=O)N1CCC(c2nc(C(=O)Nc3cc(C(F)(F)F)ccc3N3CCCC3)cs2)CC1. The Hall–Kier alpha value is -2.27. The number of alkyl halides is 3. The molecule has 0 atom stereocenters. The van der Waals surface area contributed by atoms with E-state index in [-0.39, 0.29) is 23.2 Å². The Morgan fingerprint density at radius 1 is 1.17 bits per heavy atom. The van der Waals surface area contributed by atoms with Crippen LogP contribution >= 0.6 is 23.1 Å². The van der Waals surface area contributed by atoms with E-state index in [0.717, 1.165) is 61.7 Å². The van der Waals surface area contributed by atoms with Gasteiger partial charge in [-0.15, -0.1) is 11.3 Å². The van der Waals surface area contributed by atoms with Crippen molar-refractivity contribution in [1.29, 1.82) is 0 Å². The average molecular weight is 527 g/mol. The lowest BCUT2D eigenvalue weighted by molar-refractivity contribution is -0.137. The van der Waals surface area contributed by atoms with Gasteiger partial charge in [0, 0.05) is 37.5 Å². The number of carbonyl (C=O) groups excluding carboxylic acids is 2. The molecule has 1 aromatic carbocycles. The highest BCUT2D eigenvalue weighted by Gasteiger charge is 2.32. The molecule has 11 heteroatoms. The standard InChI is InChI=1S/C24H29F3N4O2S2/c1-2-34-15-21(32)31-11-7-16(8-12-31)23-29-19(14-35-23)22(33)28-18-13-17(24(25,26)27)5-6-20(18)30-9-3-4-10-30/h5-6,13-14,16H,2-4,7-12,15H2,1H3,(H,28,33). The summed E-state index contributed by atoms with van der Waals surface area (Å²) in [6.45, 7) is 4.85. The first-order valence-electron chi connectivity index (χ1n) is 11.8. The number of piperidine rings is 1. The molecule has 35 heavy (non-hydrogen) atoms. The van der Waals surface area contributed by atoms with E-state index in [1.807, 2.05) is 16.7 Å². The molecule has 0 saturated carbocycles. The van der Waals surface area contributed by atoms with Gasteiger partial charge < -0.3 is 15.1 Å². The van der Waals surface area contributed by atoms with Crippen LogP contribution in [-0.2, 0) is 11.0 Å². The van der Waals surface area contributed by atoms with E-state index in [0.29, 0.717) is 24.5 Å². The summed E-state index contributed by atoms with van der Waals surface area (Å²) in [5.41, 5.74) is 0.150. The summed E-state index contributed by atoms with van der Waals surface area (Å²) in [6.07, 6.45) is -1.01. The number of carbonyl (C=O) groups is 2. The van der Waals surface area contributed by atoms with E-state index in [1.165, 1.54) is 17.4 Å². The van der Waals surface area contributed by atoms with Crippen molar-refractivity contribution in [3.8, 4) is 0 Å². The van der Waals surface area contributed by atoms with Crippen molar-refractivity contribution in [2.24, 2.45) is 0 Å². The molecule has 2 saturated heterocycles. The monoisotopic (exact) mass is 526 g/mol. The molecule has 2 aromatic rings. The van der Waals surface area contributed by atoms with E-state index < -0.39 is 17.6 Å². The maximum Gasteiger partial charge on any atom is 0.416 e. The third-order valence-corrected chi connectivity index (χ3v) is 8.27. The van der Waals surface area contributed by atoms with Gasteiger partial charge in [0.25, 0.3) is 5.91 Å². The topological polar surface area (TPSA) is 65.5 Å². The molecular weight excluding hydrogens is 497 g/mol. The Morgan fingerprint density at radius 2 is 1.89 bits per heavy atom. The van der Waals surface area contributed by atoms with Crippen LogP contribution in [0.25, 0.3) is 0 Å². The van der Waals surface area contributed by atoms with Crippen LogP contribution in [0, 0.1) is 0 Å². The lowest BCUT2D eigenvalue weighted by Crippen LogP contribution is -2.39. The number of nitrogens with zero attached hydrogens (tertiary/aromatic N) is 3. The van der Waals surface area contributed by atoms with Crippen LogP contribution in [0.1, 0.15) is 59.6 Å². The highest BCUT2D eigenvalue weighted by atomic mass is 32.2. The minimum absolute atomic E-state index is 0.151. The third kappa shape index (κ3) is 6.30. The zero-order chi connectivity index (χ0) is 25.0. The summed E-state index contributed by atoms with van der Waals surface area (Å²) < 4.78 is 40.0. The first-order chi connectivity index (χ1) is 16.8. The number of amides is 2. The van der Waals surface area contributed by atoms with Gasteiger partial charge >= 0.3 is 6.18 Å². The second-order valence-corrected chi connectivity index (χ2v) is 10.9. The first-order valence-corrected chi connectivity index (χ1v) is 13.9. The second-order valence-electron chi connectivity index (χ2n) is 8.74. The zero-order valence-electron chi connectivity index (χ0n) is 19.6. The molecular formula is C24H29F3N4O2S2. The summed E-state index contributed by atoms with van der Waals surface area (Å²) >= 11 is 3.00. The lowest BCUT2D eigenvalue weighted by Gasteiger charge is -2.31. The van der Waals surface area contributed by atoms with Crippen molar-refractivity contribution in [1.82, 2.24) is 9.88 Å². The van der Waals surface area contributed by atoms with Crippen molar-refractivity contribution in [3.05, 3.63) is 39.8 Å². The molecule has 0 aliphatic carbocycles. The Kier molecular flexibility index (Phi) is 8.26. The average Bonchev–Trinajstić information content (AvgIpc) is 3.55. The number of likely N-dealkylation sites (tertiary alicyclic amines) is 1. The predicted molar refractivity (Wildman–Crippen MR) is 135 cm³/mol. The molecule has 0 unspecified atom stereocenters. The van der Waals surface area contributed by atoms with E-state index in [2.05, 4.69) is 10.3 Å². The van der Waals surface area contributed by atoms with Gasteiger partial charge in [-0.3, -0.25) is 9.59 Å². The van der Waals surface area contributed by atoms with Gasteiger partial charge in [0.1, 0.15) is 5.69 Å². The maximum atomic E-state index is 13.3. The fraction of sp³-hybridized carbons (Fsp3) is 0.542. The number of nitrogens with one attached hydrogen (secondary N) is 1. The summed E-state index contributed by atoms with van der Waals surface area (Å²) in [5, 5.41) is 5.17. The highest BCUT2D eigenvalue weighted by Crippen LogP contribution is 2.37. The van der Waals surface area contributed by atoms with Gasteiger partial charge in [-0.2, -0.15) is 24.9 Å². The van der Waals surface area contributed by atoms with Crippen molar-refractivity contribution >= 4 is 46.3 Å². The summed E-state index contributed by atoms with van der Waals surface area (Å²) in [5.74, 6) is 1.21. The van der Waals surface area contributed by atoms with Crippen LogP contribution < -0.4 is 10.2 Å². The fourth-order valence-electron chi connectivity index (χ4n) is 4.47. The van der Waals surface area contributed by atoms with Gasteiger partial charge in [0.15, 0.2) is 0 Å². The molecule has 190 valence electrons. The quantitative estimate of drug-likeness (QED) is 0.518. The van der Waals surface area contributed by atoms with E-state index in [4.69, 9.17) is 0 Å². The van der Waals surface area contributed by atoms with E-state index in [1.54, 1.807) is 17.1 Å².